The molecular formula is C19H13CaF5N4O. The van der Waals surface area contributed by atoms with Crippen LogP contribution in [-0.2, 0) is 6.18 Å². The Kier molecular flexibility index (Phi) is 6.03. The second-order valence-corrected chi connectivity index (χ2v) is 6.25. The molecule has 0 aliphatic rings. The van der Waals surface area contributed by atoms with Gasteiger partial charge in [0.05, 0.1) is 17.0 Å². The van der Waals surface area contributed by atoms with Gasteiger partial charge in [0.15, 0.2) is 5.65 Å². The molecule has 0 amide bonds. The Bertz CT molecular complexity index is 1240. The first-order valence-electron chi connectivity index (χ1n) is 8.23. The fraction of sp³-hybridized carbons (Fsp3) is 0.105. The minimum atomic E-state index is -4.59. The molecule has 4 rings (SSSR count). The van der Waals surface area contributed by atoms with Gasteiger partial charge in [-0.15, -0.1) is 0 Å². The van der Waals surface area contributed by atoms with Crippen molar-refractivity contribution in [1.82, 2.24) is 19.6 Å². The molecule has 0 fully saturated rings. The van der Waals surface area contributed by atoms with E-state index in [4.69, 9.17) is 0 Å². The van der Waals surface area contributed by atoms with Gasteiger partial charge in [-0.05, 0) is 31.2 Å². The van der Waals surface area contributed by atoms with E-state index in [0.717, 1.165) is 28.9 Å². The molecule has 30 heavy (non-hydrogen) atoms. The van der Waals surface area contributed by atoms with Crippen LogP contribution >= 0.6 is 0 Å². The van der Waals surface area contributed by atoms with Gasteiger partial charge in [-0.3, -0.25) is 4.98 Å². The molecule has 3 heterocycles. The number of halogens is 5. The predicted molar refractivity (Wildman–Crippen MR) is 102 cm³/mol. The molecule has 11 heteroatoms. The summed E-state index contributed by atoms with van der Waals surface area (Å²) in [6, 6.07) is 6.16. The molecule has 5 nitrogen and oxygen atoms in total. The summed E-state index contributed by atoms with van der Waals surface area (Å²) in [4.78, 5) is 7.69. The van der Waals surface area contributed by atoms with E-state index in [-0.39, 0.29) is 71.6 Å². The van der Waals surface area contributed by atoms with E-state index >= 15 is 0 Å². The molecule has 0 aliphatic heterocycles. The number of aryl methyl sites for hydroxylation is 1. The third-order valence-electron chi connectivity index (χ3n) is 4.30. The number of aromatic hydroxyl groups is 1. The van der Waals surface area contributed by atoms with Crippen molar-refractivity contribution in [3.63, 3.8) is 0 Å². The summed E-state index contributed by atoms with van der Waals surface area (Å²) in [6.07, 6.45) is -3.61. The Morgan fingerprint density at radius 2 is 1.77 bits per heavy atom. The molecule has 0 aliphatic carbocycles. The van der Waals surface area contributed by atoms with Crippen LogP contribution < -0.4 is 0 Å². The van der Waals surface area contributed by atoms with E-state index in [9.17, 15) is 27.1 Å². The molecule has 1 aromatic carbocycles. The quantitative estimate of drug-likeness (QED) is 0.374. The normalized spacial score (nSPS) is 11.5. The summed E-state index contributed by atoms with van der Waals surface area (Å²) < 4.78 is 66.8. The summed E-state index contributed by atoms with van der Waals surface area (Å²) in [5.41, 5.74) is -0.127. The molecule has 152 valence electrons. The van der Waals surface area contributed by atoms with Crippen molar-refractivity contribution >= 4 is 43.4 Å². The van der Waals surface area contributed by atoms with Gasteiger partial charge in [0.1, 0.15) is 17.3 Å². The zero-order valence-electron chi connectivity index (χ0n) is 14.7. The molecule has 0 saturated heterocycles. The monoisotopic (exact) mass is 448 g/mol. The first-order chi connectivity index (χ1) is 13.6. The topological polar surface area (TPSA) is 63.3 Å². The number of nitrogens with zero attached hydrogens (tertiary/aromatic N) is 4. The number of hydrogen-bond acceptors (Lipinski definition) is 4. The van der Waals surface area contributed by atoms with Crippen molar-refractivity contribution in [2.24, 2.45) is 0 Å². The van der Waals surface area contributed by atoms with Gasteiger partial charge in [0.25, 0.3) is 0 Å². The van der Waals surface area contributed by atoms with Crippen LogP contribution in [0.2, 0.25) is 0 Å². The van der Waals surface area contributed by atoms with E-state index in [0.29, 0.717) is 11.8 Å². The number of rotatable bonds is 2. The SMILES string of the molecule is Cc1nn2c(O)cc(-c3ccc(C(F)(F)F)nc3)nc2c1-c1ccc(F)cc1F.[CaH2]. The number of alkyl halides is 3. The van der Waals surface area contributed by atoms with Crippen LogP contribution in [-0.4, -0.2) is 62.4 Å². The molecule has 0 atom stereocenters. The molecule has 0 saturated carbocycles. The Morgan fingerprint density at radius 3 is 2.37 bits per heavy atom. The van der Waals surface area contributed by atoms with Crippen molar-refractivity contribution in [3.8, 4) is 28.3 Å². The predicted octanol–water partition coefficient (Wildman–Crippen LogP) is 3.85. The van der Waals surface area contributed by atoms with Crippen molar-refractivity contribution in [2.45, 2.75) is 13.1 Å². The minimum absolute atomic E-state index is 0. The van der Waals surface area contributed by atoms with Crippen molar-refractivity contribution in [2.75, 3.05) is 0 Å². The van der Waals surface area contributed by atoms with Gasteiger partial charge in [0.2, 0.25) is 5.88 Å². The molecule has 0 bridgehead atoms. The van der Waals surface area contributed by atoms with E-state index in [1.165, 1.54) is 12.1 Å². The van der Waals surface area contributed by atoms with Crippen LogP contribution in [0.5, 0.6) is 5.88 Å². The van der Waals surface area contributed by atoms with Crippen molar-refractivity contribution in [1.29, 1.82) is 0 Å². The molecular weight excluding hydrogens is 435 g/mol. The van der Waals surface area contributed by atoms with Gasteiger partial charge in [-0.25, -0.2) is 13.8 Å². The fourth-order valence-corrected chi connectivity index (χ4v) is 2.98. The summed E-state index contributed by atoms with van der Waals surface area (Å²) in [6.45, 7) is 1.56. The van der Waals surface area contributed by atoms with Gasteiger partial charge in [-0.1, -0.05) is 0 Å². The Labute approximate surface area is 196 Å². The van der Waals surface area contributed by atoms with Crippen molar-refractivity contribution in [3.05, 3.63) is 65.6 Å². The zero-order chi connectivity index (χ0) is 20.9. The summed E-state index contributed by atoms with van der Waals surface area (Å²) in [7, 11) is 0. The maximum absolute atomic E-state index is 14.3. The Hall–Kier alpha value is -2.30. The molecule has 0 radical (unpaired) electrons. The number of aromatic nitrogens is 4. The van der Waals surface area contributed by atoms with Crippen LogP contribution in [0.3, 0.4) is 0 Å². The fourth-order valence-electron chi connectivity index (χ4n) is 2.98. The standard InChI is InChI=1S/C19H11F5N4O.Ca.2H/c1-9-17(12-4-3-11(20)6-13(12)21)18-26-14(7-16(29)28(18)27-9)10-2-5-15(25-8-10)19(22,23)24;;;/h2-8,29H,1H3;;;. The van der Waals surface area contributed by atoms with Gasteiger partial charge in [0, 0.05) is 29.5 Å². The van der Waals surface area contributed by atoms with Crippen LogP contribution in [0, 0.1) is 18.6 Å². The first-order valence-corrected chi connectivity index (χ1v) is 8.23. The molecule has 3 aromatic heterocycles. The van der Waals surface area contributed by atoms with E-state index in [1.54, 1.807) is 6.92 Å². The summed E-state index contributed by atoms with van der Waals surface area (Å²) >= 11 is 0. The third kappa shape index (κ3) is 3.99. The van der Waals surface area contributed by atoms with E-state index in [1.807, 2.05) is 0 Å². The maximum atomic E-state index is 14.3. The Morgan fingerprint density at radius 1 is 1.03 bits per heavy atom. The van der Waals surface area contributed by atoms with Crippen molar-refractivity contribution < 1.29 is 27.1 Å². The van der Waals surface area contributed by atoms with E-state index in [2.05, 4.69) is 15.1 Å². The van der Waals surface area contributed by atoms with Gasteiger partial charge in [-0.2, -0.15) is 22.8 Å². The van der Waals surface area contributed by atoms with E-state index < -0.39 is 23.5 Å². The zero-order valence-corrected chi connectivity index (χ0v) is 14.7. The summed E-state index contributed by atoms with van der Waals surface area (Å²) in [5.74, 6) is -1.96. The van der Waals surface area contributed by atoms with Crippen LogP contribution in [0.4, 0.5) is 22.0 Å². The molecule has 4 aromatic rings. The van der Waals surface area contributed by atoms with Crippen LogP contribution in [0.1, 0.15) is 11.4 Å². The second kappa shape index (κ2) is 8.09. The average molecular weight is 448 g/mol. The van der Waals surface area contributed by atoms with Crippen LogP contribution in [0.25, 0.3) is 28.0 Å². The average Bonchev–Trinajstić information content (AvgIpc) is 2.98. The molecule has 1 N–H and O–H groups in total. The molecule has 0 spiro atoms. The van der Waals surface area contributed by atoms with Crippen LogP contribution in [0.15, 0.2) is 42.6 Å². The number of benzene rings is 1. The Balaban J connectivity index is 0.00000256. The number of hydrogen-bond donors (Lipinski definition) is 1. The second-order valence-electron chi connectivity index (χ2n) is 6.25. The van der Waals surface area contributed by atoms with Gasteiger partial charge < -0.3 is 5.11 Å². The number of fused-ring (bicyclic) bond motifs is 1. The van der Waals surface area contributed by atoms with Gasteiger partial charge >= 0.3 is 43.9 Å². The number of pyridine rings is 1. The molecule has 0 unspecified atom stereocenters. The first kappa shape index (κ1) is 22.4. The third-order valence-corrected chi connectivity index (χ3v) is 4.30. The summed E-state index contributed by atoms with van der Waals surface area (Å²) in [5, 5.41) is 14.4.